The van der Waals surface area contributed by atoms with Gasteiger partial charge in [0.25, 0.3) is 0 Å². The third-order valence-electron chi connectivity index (χ3n) is 5.34. The van der Waals surface area contributed by atoms with Crippen LogP contribution in [0.3, 0.4) is 0 Å². The van der Waals surface area contributed by atoms with Crippen molar-refractivity contribution >= 4 is 36.6 Å². The molecule has 2 atom stereocenters. The molecule has 10 heteroatoms. The van der Waals surface area contributed by atoms with E-state index in [0.717, 1.165) is 68.0 Å². The molecule has 2 fully saturated rings. The van der Waals surface area contributed by atoms with Crippen LogP contribution in [0.4, 0.5) is 0 Å². The number of hydrogen-bond acceptors (Lipinski definition) is 7. The van der Waals surface area contributed by atoms with Crippen molar-refractivity contribution in [2.75, 3.05) is 26.2 Å². The molecule has 0 radical (unpaired) electrons. The summed E-state index contributed by atoms with van der Waals surface area (Å²) in [4.78, 5) is 2.41. The van der Waals surface area contributed by atoms with Gasteiger partial charge in [-0.05, 0) is 56.2 Å². The normalized spacial score (nSPS) is 25.8. The highest BCUT2D eigenvalue weighted by molar-refractivity contribution is 7.99. The molecule has 4 rings (SSSR count). The van der Waals surface area contributed by atoms with Gasteiger partial charge in [0.1, 0.15) is 12.1 Å². The number of hydrogen-bond donors (Lipinski definition) is 2. The van der Waals surface area contributed by atoms with E-state index in [2.05, 4.69) is 20.4 Å². The fourth-order valence-electron chi connectivity index (χ4n) is 3.98. The fourth-order valence-corrected chi connectivity index (χ4v) is 4.73. The zero-order valence-electron chi connectivity index (χ0n) is 15.3. The Hall–Kier alpha value is -0.770. The van der Waals surface area contributed by atoms with Crippen LogP contribution >= 0.6 is 36.6 Å². The SMILES string of the molecule is Cl.Cl.Cn1cnnc1Sc1ccc(CN2CCC[C@]3(CNCC[C@@H]3O)C2)o1. The minimum atomic E-state index is -0.199. The number of nitrogens with zero attached hydrogens (tertiary/aromatic N) is 4. The van der Waals surface area contributed by atoms with Crippen LogP contribution in [0.5, 0.6) is 0 Å². The van der Waals surface area contributed by atoms with Crippen LogP contribution in [-0.4, -0.2) is 57.1 Å². The smallest absolute Gasteiger partial charge is 0.198 e. The van der Waals surface area contributed by atoms with Gasteiger partial charge in [-0.1, -0.05) is 0 Å². The summed E-state index contributed by atoms with van der Waals surface area (Å²) in [5, 5.41) is 23.6. The van der Waals surface area contributed by atoms with Crippen molar-refractivity contribution in [1.29, 1.82) is 0 Å². The number of aryl methyl sites for hydroxylation is 1. The van der Waals surface area contributed by atoms with Crippen molar-refractivity contribution in [2.24, 2.45) is 12.5 Å². The lowest BCUT2D eigenvalue weighted by atomic mass is 9.72. The minimum Gasteiger partial charge on any atom is -0.453 e. The van der Waals surface area contributed by atoms with Gasteiger partial charge in [-0.15, -0.1) is 35.0 Å². The lowest BCUT2D eigenvalue weighted by molar-refractivity contribution is -0.0526. The molecule has 0 aliphatic carbocycles. The van der Waals surface area contributed by atoms with E-state index < -0.39 is 0 Å². The third kappa shape index (κ3) is 4.99. The van der Waals surface area contributed by atoms with E-state index in [4.69, 9.17) is 4.42 Å². The molecule has 0 unspecified atom stereocenters. The molecule has 27 heavy (non-hydrogen) atoms. The first-order valence-electron chi connectivity index (χ1n) is 8.86. The Morgan fingerprint density at radius 2 is 2.26 bits per heavy atom. The van der Waals surface area contributed by atoms with Crippen molar-refractivity contribution in [3.8, 4) is 0 Å². The summed E-state index contributed by atoms with van der Waals surface area (Å²) in [6, 6.07) is 4.03. The second-order valence-corrected chi connectivity index (χ2v) is 8.18. The molecule has 2 aliphatic heterocycles. The van der Waals surface area contributed by atoms with E-state index in [-0.39, 0.29) is 36.3 Å². The standard InChI is InChI=1S/C17H25N5O2S.2ClH/c1-21-12-19-20-16(21)25-15-4-3-13(24-15)9-22-8-2-6-17(11-22)10-18-7-5-14(17)23;;/h3-4,12,14,18,23H,2,5-11H2,1H3;2*1H/t14-,17-;;/m0../s1. The van der Waals surface area contributed by atoms with Gasteiger partial charge in [-0.3, -0.25) is 4.90 Å². The van der Waals surface area contributed by atoms with E-state index in [0.29, 0.717) is 0 Å². The van der Waals surface area contributed by atoms with Crippen LogP contribution in [0.1, 0.15) is 25.0 Å². The van der Waals surface area contributed by atoms with Crippen LogP contribution in [0, 0.1) is 5.41 Å². The molecule has 152 valence electrons. The minimum absolute atomic E-state index is 0. The zero-order valence-corrected chi connectivity index (χ0v) is 17.8. The lowest BCUT2D eigenvalue weighted by Gasteiger charge is -2.48. The van der Waals surface area contributed by atoms with Crippen LogP contribution in [0.2, 0.25) is 0 Å². The van der Waals surface area contributed by atoms with Gasteiger partial charge < -0.3 is 19.4 Å². The number of aliphatic hydroxyl groups is 1. The first kappa shape index (κ1) is 22.5. The highest BCUT2D eigenvalue weighted by Gasteiger charge is 2.43. The summed E-state index contributed by atoms with van der Waals surface area (Å²) in [5.74, 6) is 0.958. The maximum absolute atomic E-state index is 10.5. The molecule has 2 aromatic rings. The third-order valence-corrected chi connectivity index (χ3v) is 6.32. The quantitative estimate of drug-likeness (QED) is 0.762. The first-order valence-corrected chi connectivity index (χ1v) is 9.68. The van der Waals surface area contributed by atoms with Crippen molar-refractivity contribution < 1.29 is 9.52 Å². The highest BCUT2D eigenvalue weighted by atomic mass is 35.5. The van der Waals surface area contributed by atoms with Gasteiger partial charge in [0.05, 0.1) is 12.6 Å². The number of nitrogens with one attached hydrogen (secondary N) is 1. The molecule has 0 amide bonds. The molecule has 2 N–H and O–H groups in total. The number of piperidine rings is 2. The number of rotatable bonds is 4. The summed E-state index contributed by atoms with van der Waals surface area (Å²) < 4.78 is 7.85. The highest BCUT2D eigenvalue weighted by Crippen LogP contribution is 2.37. The Balaban J connectivity index is 0.00000131. The van der Waals surface area contributed by atoms with Crippen LogP contribution in [-0.2, 0) is 13.6 Å². The molecule has 0 bridgehead atoms. The second kappa shape index (κ2) is 9.62. The molecule has 0 saturated carbocycles. The summed E-state index contributed by atoms with van der Waals surface area (Å²) in [5.41, 5.74) is -0.000692. The molecule has 2 saturated heterocycles. The van der Waals surface area contributed by atoms with Crippen molar-refractivity contribution in [3.05, 3.63) is 24.2 Å². The Morgan fingerprint density at radius 3 is 3.00 bits per heavy atom. The van der Waals surface area contributed by atoms with Crippen molar-refractivity contribution in [2.45, 2.75) is 42.2 Å². The van der Waals surface area contributed by atoms with Gasteiger partial charge in [-0.25, -0.2) is 0 Å². The maximum atomic E-state index is 10.5. The number of aliphatic hydroxyl groups excluding tert-OH is 1. The van der Waals surface area contributed by atoms with Crippen molar-refractivity contribution in [3.63, 3.8) is 0 Å². The average Bonchev–Trinajstić information content (AvgIpc) is 3.21. The predicted molar refractivity (Wildman–Crippen MR) is 109 cm³/mol. The molecule has 1 spiro atoms. The largest absolute Gasteiger partial charge is 0.453 e. The molecule has 4 heterocycles. The van der Waals surface area contributed by atoms with E-state index in [1.807, 2.05) is 23.7 Å². The summed E-state index contributed by atoms with van der Waals surface area (Å²) in [7, 11) is 1.92. The number of furan rings is 1. The Bertz CT molecular complexity index is 724. The van der Waals surface area contributed by atoms with Gasteiger partial charge in [0.2, 0.25) is 0 Å². The second-order valence-electron chi connectivity index (χ2n) is 7.21. The number of halogens is 2. The van der Waals surface area contributed by atoms with Gasteiger partial charge >= 0.3 is 0 Å². The maximum Gasteiger partial charge on any atom is 0.198 e. The van der Waals surface area contributed by atoms with Gasteiger partial charge in [-0.2, -0.15) is 0 Å². The molecule has 2 aromatic heterocycles. The van der Waals surface area contributed by atoms with E-state index in [1.54, 1.807) is 6.33 Å². The molecule has 2 aliphatic rings. The summed E-state index contributed by atoms with van der Waals surface area (Å²) >= 11 is 1.48. The summed E-state index contributed by atoms with van der Waals surface area (Å²) in [6.45, 7) is 4.60. The Labute approximate surface area is 176 Å². The lowest BCUT2D eigenvalue weighted by Crippen LogP contribution is -2.57. The van der Waals surface area contributed by atoms with E-state index in [1.165, 1.54) is 11.8 Å². The van der Waals surface area contributed by atoms with Crippen molar-refractivity contribution in [1.82, 2.24) is 25.0 Å². The topological polar surface area (TPSA) is 79.4 Å². The zero-order chi connectivity index (χ0) is 17.3. The Morgan fingerprint density at radius 1 is 1.41 bits per heavy atom. The van der Waals surface area contributed by atoms with Gasteiger partial charge in [0.15, 0.2) is 10.2 Å². The number of aromatic nitrogens is 3. The van der Waals surface area contributed by atoms with Crippen LogP contribution < -0.4 is 5.32 Å². The van der Waals surface area contributed by atoms with E-state index >= 15 is 0 Å². The van der Waals surface area contributed by atoms with Crippen LogP contribution in [0.25, 0.3) is 0 Å². The fraction of sp³-hybridized carbons (Fsp3) is 0.647. The monoisotopic (exact) mass is 435 g/mol. The first-order chi connectivity index (χ1) is 12.1. The molecular formula is C17H27Cl2N5O2S. The predicted octanol–water partition coefficient (Wildman–Crippen LogP) is 2.34. The number of likely N-dealkylation sites (tertiary alicyclic amines) is 1. The van der Waals surface area contributed by atoms with Gasteiger partial charge in [0, 0.05) is 25.6 Å². The Kier molecular flexibility index (Phi) is 8.03. The summed E-state index contributed by atoms with van der Waals surface area (Å²) in [6.07, 6.45) is 4.56. The molecule has 0 aromatic carbocycles. The average molecular weight is 436 g/mol. The molecular weight excluding hydrogens is 409 g/mol. The van der Waals surface area contributed by atoms with E-state index in [9.17, 15) is 5.11 Å². The molecule has 7 nitrogen and oxygen atoms in total. The van der Waals surface area contributed by atoms with Crippen LogP contribution in [0.15, 0.2) is 33.1 Å².